The molecule has 0 aliphatic rings. The van der Waals surface area contributed by atoms with Crippen LogP contribution in [0.25, 0.3) is 0 Å². The fourth-order valence-electron chi connectivity index (χ4n) is 1.48. The monoisotopic (exact) mass is 265 g/mol. The van der Waals surface area contributed by atoms with Crippen LogP contribution in [0, 0.1) is 0 Å². The minimum absolute atomic E-state index is 0.00852. The Morgan fingerprint density at radius 1 is 1.40 bits per heavy atom. The number of nitrogens with one attached hydrogen (secondary N) is 1. The summed E-state index contributed by atoms with van der Waals surface area (Å²) in [5.74, 6) is 0. The lowest BCUT2D eigenvalue weighted by Gasteiger charge is -2.10. The molecule has 1 heterocycles. The maximum Gasteiger partial charge on any atom is 0.0640 e. The fraction of sp³-hybridized carbons (Fsp3) is 0.182. The van der Waals surface area contributed by atoms with Crippen LogP contribution in [0.2, 0.25) is 0 Å². The Kier molecular flexibility index (Phi) is 3.18. The topological polar surface area (TPSA) is 54.7 Å². The van der Waals surface area contributed by atoms with E-state index in [0.717, 1.165) is 22.2 Å². The first kappa shape index (κ1) is 10.4. The largest absolute Gasteiger partial charge is 0.324 e. The third kappa shape index (κ3) is 2.67. The van der Waals surface area contributed by atoms with Crippen LogP contribution in [0.5, 0.6) is 0 Å². The van der Waals surface area contributed by atoms with Gasteiger partial charge in [-0.15, -0.1) is 0 Å². The van der Waals surface area contributed by atoms with E-state index in [2.05, 4.69) is 26.1 Å². The number of nitrogens with zero attached hydrogens (tertiary/aromatic N) is 1. The minimum Gasteiger partial charge on any atom is -0.324 e. The van der Waals surface area contributed by atoms with E-state index in [-0.39, 0.29) is 6.04 Å². The maximum atomic E-state index is 6.08. The van der Waals surface area contributed by atoms with Gasteiger partial charge in [-0.05, 0) is 23.8 Å². The predicted octanol–water partition coefficient (Wildman–Crippen LogP) is 2.41. The molecule has 1 aromatic heterocycles. The molecule has 1 unspecified atom stereocenters. The highest BCUT2D eigenvalue weighted by molar-refractivity contribution is 9.10. The highest BCUT2D eigenvalue weighted by Gasteiger charge is 2.08. The molecule has 3 nitrogen and oxygen atoms in total. The van der Waals surface area contributed by atoms with Gasteiger partial charge < -0.3 is 5.73 Å². The van der Waals surface area contributed by atoms with Crippen LogP contribution < -0.4 is 5.73 Å². The maximum absolute atomic E-state index is 6.08. The fourth-order valence-corrected chi connectivity index (χ4v) is 1.90. The van der Waals surface area contributed by atoms with Crippen molar-refractivity contribution in [3.05, 3.63) is 52.3 Å². The van der Waals surface area contributed by atoms with Crippen molar-refractivity contribution < 1.29 is 0 Å². The average Bonchev–Trinajstić information content (AvgIpc) is 2.70. The van der Waals surface area contributed by atoms with Gasteiger partial charge in [-0.25, -0.2) is 0 Å². The van der Waals surface area contributed by atoms with Crippen LogP contribution >= 0.6 is 15.9 Å². The van der Waals surface area contributed by atoms with E-state index in [1.165, 1.54) is 0 Å². The lowest BCUT2D eigenvalue weighted by Crippen LogP contribution is -2.13. The molecule has 0 aliphatic carbocycles. The smallest absolute Gasteiger partial charge is 0.0640 e. The Bertz CT molecular complexity index is 425. The van der Waals surface area contributed by atoms with Crippen molar-refractivity contribution in [1.82, 2.24) is 10.2 Å². The van der Waals surface area contributed by atoms with E-state index in [1.807, 2.05) is 36.5 Å². The molecule has 2 aromatic rings. The van der Waals surface area contributed by atoms with Gasteiger partial charge in [-0.3, -0.25) is 5.10 Å². The number of aromatic nitrogens is 2. The molecule has 0 aliphatic heterocycles. The summed E-state index contributed by atoms with van der Waals surface area (Å²) in [4.78, 5) is 0. The first-order valence-electron chi connectivity index (χ1n) is 4.75. The first-order valence-corrected chi connectivity index (χ1v) is 5.55. The molecule has 0 saturated heterocycles. The summed E-state index contributed by atoms with van der Waals surface area (Å²) in [6.45, 7) is 0. The van der Waals surface area contributed by atoms with Gasteiger partial charge in [0, 0.05) is 23.1 Å². The number of hydrogen-bond donors (Lipinski definition) is 2. The Morgan fingerprint density at radius 2 is 2.27 bits per heavy atom. The molecular formula is C11H12BrN3. The van der Waals surface area contributed by atoms with E-state index < -0.39 is 0 Å². The van der Waals surface area contributed by atoms with Crippen molar-refractivity contribution in [1.29, 1.82) is 0 Å². The van der Waals surface area contributed by atoms with Crippen LogP contribution in [0.3, 0.4) is 0 Å². The van der Waals surface area contributed by atoms with Crippen molar-refractivity contribution in [2.24, 2.45) is 5.73 Å². The second-order valence-corrected chi connectivity index (χ2v) is 4.35. The zero-order valence-electron chi connectivity index (χ0n) is 8.15. The molecule has 0 amide bonds. The molecule has 0 radical (unpaired) electrons. The Balaban J connectivity index is 2.11. The number of aromatic amines is 1. The van der Waals surface area contributed by atoms with Gasteiger partial charge in [0.05, 0.1) is 5.69 Å². The summed E-state index contributed by atoms with van der Waals surface area (Å²) in [5, 5.41) is 6.87. The lowest BCUT2D eigenvalue weighted by molar-refractivity contribution is 0.703. The van der Waals surface area contributed by atoms with E-state index in [4.69, 9.17) is 5.73 Å². The molecule has 0 fully saturated rings. The van der Waals surface area contributed by atoms with Crippen molar-refractivity contribution in [3.63, 3.8) is 0 Å². The number of nitrogens with two attached hydrogens (primary N) is 1. The molecule has 4 heteroatoms. The molecule has 0 saturated carbocycles. The summed E-state index contributed by atoms with van der Waals surface area (Å²) in [6.07, 6.45) is 2.56. The number of halogens is 1. The van der Waals surface area contributed by atoms with Crippen LogP contribution in [0.15, 0.2) is 41.0 Å². The van der Waals surface area contributed by atoms with Crippen LogP contribution in [-0.4, -0.2) is 10.2 Å². The molecule has 78 valence electrons. The highest BCUT2D eigenvalue weighted by atomic mass is 79.9. The van der Waals surface area contributed by atoms with E-state index in [1.54, 1.807) is 0 Å². The molecule has 2 rings (SSSR count). The van der Waals surface area contributed by atoms with Gasteiger partial charge in [0.1, 0.15) is 0 Å². The van der Waals surface area contributed by atoms with Crippen LogP contribution in [0.4, 0.5) is 0 Å². The number of H-pyrrole nitrogens is 1. The number of benzene rings is 1. The second kappa shape index (κ2) is 4.59. The van der Waals surface area contributed by atoms with Gasteiger partial charge in [0.25, 0.3) is 0 Å². The minimum atomic E-state index is -0.00852. The zero-order valence-corrected chi connectivity index (χ0v) is 9.74. The Morgan fingerprint density at radius 3 is 2.93 bits per heavy atom. The summed E-state index contributed by atoms with van der Waals surface area (Å²) >= 11 is 3.43. The Labute approximate surface area is 96.8 Å². The average molecular weight is 266 g/mol. The van der Waals surface area contributed by atoms with Crippen molar-refractivity contribution >= 4 is 15.9 Å². The molecule has 0 bridgehead atoms. The van der Waals surface area contributed by atoms with Gasteiger partial charge in [0.15, 0.2) is 0 Å². The third-order valence-electron chi connectivity index (χ3n) is 2.26. The molecular weight excluding hydrogens is 254 g/mol. The van der Waals surface area contributed by atoms with E-state index in [0.29, 0.717) is 0 Å². The molecule has 0 spiro atoms. The van der Waals surface area contributed by atoms with E-state index in [9.17, 15) is 0 Å². The summed E-state index contributed by atoms with van der Waals surface area (Å²) in [6, 6.07) is 9.98. The second-order valence-electron chi connectivity index (χ2n) is 3.43. The predicted molar refractivity (Wildman–Crippen MR) is 63.4 cm³/mol. The van der Waals surface area contributed by atoms with Crippen LogP contribution in [0.1, 0.15) is 17.3 Å². The Hall–Kier alpha value is -1.13. The van der Waals surface area contributed by atoms with Gasteiger partial charge in [-0.2, -0.15) is 5.10 Å². The summed E-state index contributed by atoms with van der Waals surface area (Å²) in [7, 11) is 0. The zero-order chi connectivity index (χ0) is 10.7. The van der Waals surface area contributed by atoms with Gasteiger partial charge in [-0.1, -0.05) is 28.1 Å². The van der Waals surface area contributed by atoms with Crippen molar-refractivity contribution in [3.8, 4) is 0 Å². The highest BCUT2D eigenvalue weighted by Crippen LogP contribution is 2.18. The number of rotatable bonds is 3. The lowest BCUT2D eigenvalue weighted by atomic mass is 10.0. The van der Waals surface area contributed by atoms with Crippen molar-refractivity contribution in [2.45, 2.75) is 12.5 Å². The summed E-state index contributed by atoms with van der Waals surface area (Å²) < 4.78 is 1.05. The van der Waals surface area contributed by atoms with Crippen molar-refractivity contribution in [2.75, 3.05) is 0 Å². The van der Waals surface area contributed by atoms with E-state index >= 15 is 0 Å². The first-order chi connectivity index (χ1) is 7.25. The SMILES string of the molecule is NC(Cc1cc[nH]n1)c1cccc(Br)c1. The number of hydrogen-bond acceptors (Lipinski definition) is 2. The standard InChI is InChI=1S/C11H12BrN3/c12-9-3-1-2-8(6-9)11(13)7-10-4-5-14-15-10/h1-6,11H,7,13H2,(H,14,15). The van der Waals surface area contributed by atoms with Crippen LogP contribution in [-0.2, 0) is 6.42 Å². The third-order valence-corrected chi connectivity index (χ3v) is 2.76. The van der Waals surface area contributed by atoms with Gasteiger partial charge in [0.2, 0.25) is 0 Å². The molecule has 15 heavy (non-hydrogen) atoms. The normalized spacial score (nSPS) is 12.7. The molecule has 1 aromatic carbocycles. The molecule has 1 atom stereocenters. The van der Waals surface area contributed by atoms with Gasteiger partial charge >= 0.3 is 0 Å². The summed E-state index contributed by atoms with van der Waals surface area (Å²) in [5.41, 5.74) is 8.19. The molecule has 3 N–H and O–H groups in total. The quantitative estimate of drug-likeness (QED) is 0.896.